The molecule has 3 aromatic rings. The summed E-state index contributed by atoms with van der Waals surface area (Å²) in [6, 6.07) is 17.6. The van der Waals surface area contributed by atoms with Crippen LogP contribution >= 0.6 is 0 Å². The van der Waals surface area contributed by atoms with Crippen LogP contribution in [0.3, 0.4) is 0 Å². The minimum absolute atomic E-state index is 0.526. The van der Waals surface area contributed by atoms with E-state index in [2.05, 4.69) is 4.98 Å². The van der Waals surface area contributed by atoms with Gasteiger partial charge in [-0.3, -0.25) is 4.98 Å². The van der Waals surface area contributed by atoms with Gasteiger partial charge in [-0.2, -0.15) is 0 Å². The first kappa shape index (κ1) is 11.5. The molecule has 0 unspecified atom stereocenters. The number of ether oxygens (including phenoxy) is 1. The molecule has 1 aromatic heterocycles. The van der Waals surface area contributed by atoms with Gasteiger partial charge in [0.05, 0.1) is 5.52 Å². The first-order valence-electron chi connectivity index (χ1n) is 6.13. The summed E-state index contributed by atoms with van der Waals surface area (Å²) < 4.78 is 5.76. The Balaban J connectivity index is 1.76. The topological polar surface area (TPSA) is 48.1 Å². The van der Waals surface area contributed by atoms with Gasteiger partial charge >= 0.3 is 0 Å². The first-order valence-corrected chi connectivity index (χ1v) is 6.13. The van der Waals surface area contributed by atoms with E-state index in [1.165, 1.54) is 0 Å². The molecular formula is C16H14N2O. The van der Waals surface area contributed by atoms with Crippen molar-refractivity contribution in [1.82, 2.24) is 4.98 Å². The van der Waals surface area contributed by atoms with Crippen LogP contribution in [0.2, 0.25) is 0 Å². The number of hydrogen-bond donors (Lipinski definition) is 1. The Hall–Kier alpha value is -2.55. The minimum atomic E-state index is 0.526. The molecule has 0 spiro atoms. The molecule has 0 saturated heterocycles. The Bertz CT molecular complexity index is 692. The smallest absolute Gasteiger partial charge is 0.122 e. The molecule has 0 bridgehead atoms. The molecule has 2 N–H and O–H groups in total. The van der Waals surface area contributed by atoms with Crippen molar-refractivity contribution in [2.75, 3.05) is 5.73 Å². The SMILES string of the molecule is Nc1ccc(COc2ccc3cccnc3c2)cc1. The van der Waals surface area contributed by atoms with E-state index in [9.17, 15) is 0 Å². The predicted molar refractivity (Wildman–Crippen MR) is 76.9 cm³/mol. The lowest BCUT2D eigenvalue weighted by atomic mass is 10.2. The van der Waals surface area contributed by atoms with Gasteiger partial charge in [-0.05, 0) is 35.9 Å². The molecule has 3 heteroatoms. The van der Waals surface area contributed by atoms with E-state index in [1.807, 2.05) is 54.6 Å². The first-order chi connectivity index (χ1) is 9.31. The summed E-state index contributed by atoms with van der Waals surface area (Å²) >= 11 is 0. The van der Waals surface area contributed by atoms with E-state index in [4.69, 9.17) is 10.5 Å². The fourth-order valence-electron chi connectivity index (χ4n) is 1.92. The van der Waals surface area contributed by atoms with Crippen LogP contribution in [-0.4, -0.2) is 4.98 Å². The van der Waals surface area contributed by atoms with Crippen molar-refractivity contribution in [1.29, 1.82) is 0 Å². The van der Waals surface area contributed by atoms with Gasteiger partial charge in [-0.1, -0.05) is 18.2 Å². The number of pyridine rings is 1. The second kappa shape index (κ2) is 4.98. The van der Waals surface area contributed by atoms with Crippen LogP contribution in [0.15, 0.2) is 60.8 Å². The molecule has 3 nitrogen and oxygen atoms in total. The van der Waals surface area contributed by atoms with Gasteiger partial charge in [0, 0.05) is 23.3 Å². The predicted octanol–water partition coefficient (Wildman–Crippen LogP) is 3.40. The van der Waals surface area contributed by atoms with Crippen molar-refractivity contribution in [3.8, 4) is 5.75 Å². The molecule has 2 aromatic carbocycles. The summed E-state index contributed by atoms with van der Waals surface area (Å²) in [6.45, 7) is 0.526. The van der Waals surface area contributed by atoms with Crippen molar-refractivity contribution in [2.45, 2.75) is 6.61 Å². The number of fused-ring (bicyclic) bond motifs is 1. The lowest BCUT2D eigenvalue weighted by Crippen LogP contribution is -1.96. The second-order valence-corrected chi connectivity index (χ2v) is 4.39. The number of nitrogen functional groups attached to an aromatic ring is 1. The molecule has 0 radical (unpaired) electrons. The Labute approximate surface area is 111 Å². The molecule has 3 rings (SSSR count). The van der Waals surface area contributed by atoms with Crippen molar-refractivity contribution < 1.29 is 4.74 Å². The fourth-order valence-corrected chi connectivity index (χ4v) is 1.92. The standard InChI is InChI=1S/C16H14N2O/c17-14-6-3-12(4-7-14)11-19-15-8-5-13-2-1-9-18-16(13)10-15/h1-10H,11,17H2. The van der Waals surface area contributed by atoms with Crippen LogP contribution in [0.1, 0.15) is 5.56 Å². The number of hydrogen-bond acceptors (Lipinski definition) is 3. The van der Waals surface area contributed by atoms with Crippen LogP contribution in [0.25, 0.3) is 10.9 Å². The van der Waals surface area contributed by atoms with E-state index < -0.39 is 0 Å². The molecule has 0 aliphatic carbocycles. The van der Waals surface area contributed by atoms with Crippen molar-refractivity contribution in [2.24, 2.45) is 0 Å². The third-order valence-electron chi connectivity index (χ3n) is 2.96. The average Bonchev–Trinajstić information content (AvgIpc) is 2.46. The lowest BCUT2D eigenvalue weighted by molar-refractivity contribution is 0.306. The molecule has 1 heterocycles. The second-order valence-electron chi connectivity index (χ2n) is 4.39. The van der Waals surface area contributed by atoms with Gasteiger partial charge in [0.1, 0.15) is 12.4 Å². The lowest BCUT2D eigenvalue weighted by Gasteiger charge is -2.07. The van der Waals surface area contributed by atoms with E-state index in [1.54, 1.807) is 6.20 Å². The maximum Gasteiger partial charge on any atom is 0.122 e. The molecule has 0 aliphatic heterocycles. The number of rotatable bonds is 3. The highest BCUT2D eigenvalue weighted by atomic mass is 16.5. The summed E-state index contributed by atoms with van der Waals surface area (Å²) in [4.78, 5) is 4.31. The zero-order valence-corrected chi connectivity index (χ0v) is 10.4. The largest absolute Gasteiger partial charge is 0.489 e. The number of nitrogens with two attached hydrogens (primary N) is 1. The zero-order chi connectivity index (χ0) is 13.1. The van der Waals surface area contributed by atoms with Crippen molar-refractivity contribution in [3.05, 3.63) is 66.4 Å². The van der Waals surface area contributed by atoms with Gasteiger partial charge in [-0.25, -0.2) is 0 Å². The quantitative estimate of drug-likeness (QED) is 0.725. The summed E-state index contributed by atoms with van der Waals surface area (Å²) in [7, 11) is 0. The number of benzene rings is 2. The van der Waals surface area contributed by atoms with Crippen LogP contribution < -0.4 is 10.5 Å². The van der Waals surface area contributed by atoms with Gasteiger partial charge in [0.25, 0.3) is 0 Å². The highest BCUT2D eigenvalue weighted by Gasteiger charge is 1.99. The Morgan fingerprint density at radius 2 is 1.84 bits per heavy atom. The third-order valence-corrected chi connectivity index (χ3v) is 2.96. The maximum atomic E-state index is 5.76. The van der Waals surface area contributed by atoms with Gasteiger partial charge in [0.15, 0.2) is 0 Å². The normalized spacial score (nSPS) is 10.5. The minimum Gasteiger partial charge on any atom is -0.489 e. The van der Waals surface area contributed by atoms with Crippen molar-refractivity contribution in [3.63, 3.8) is 0 Å². The summed E-state index contributed by atoms with van der Waals surface area (Å²) in [5, 5.41) is 1.11. The van der Waals surface area contributed by atoms with E-state index >= 15 is 0 Å². The number of aromatic nitrogens is 1. The Morgan fingerprint density at radius 3 is 2.68 bits per heavy atom. The van der Waals surface area contributed by atoms with Gasteiger partial charge in [0.2, 0.25) is 0 Å². The van der Waals surface area contributed by atoms with Crippen LogP contribution in [0.5, 0.6) is 5.75 Å². The molecule has 0 atom stereocenters. The average molecular weight is 250 g/mol. The molecule has 19 heavy (non-hydrogen) atoms. The maximum absolute atomic E-state index is 5.76. The van der Waals surface area contributed by atoms with Crippen molar-refractivity contribution >= 4 is 16.6 Å². The molecule has 0 fully saturated rings. The van der Waals surface area contributed by atoms with E-state index in [0.717, 1.165) is 27.9 Å². The fraction of sp³-hybridized carbons (Fsp3) is 0.0625. The summed E-state index contributed by atoms with van der Waals surface area (Å²) in [5.41, 5.74) is 8.44. The third kappa shape index (κ3) is 2.65. The highest BCUT2D eigenvalue weighted by molar-refractivity contribution is 5.79. The Morgan fingerprint density at radius 1 is 1.00 bits per heavy atom. The highest BCUT2D eigenvalue weighted by Crippen LogP contribution is 2.19. The summed E-state index contributed by atoms with van der Waals surface area (Å²) in [6.07, 6.45) is 1.78. The number of nitrogens with zero attached hydrogens (tertiary/aromatic N) is 1. The number of anilines is 1. The molecule has 94 valence electrons. The monoisotopic (exact) mass is 250 g/mol. The summed E-state index contributed by atoms with van der Waals surface area (Å²) in [5.74, 6) is 0.822. The molecule has 0 saturated carbocycles. The molecular weight excluding hydrogens is 236 g/mol. The van der Waals surface area contributed by atoms with Gasteiger partial charge in [-0.15, -0.1) is 0 Å². The van der Waals surface area contributed by atoms with Crippen LogP contribution in [0, 0.1) is 0 Å². The van der Waals surface area contributed by atoms with Crippen LogP contribution in [-0.2, 0) is 6.61 Å². The van der Waals surface area contributed by atoms with E-state index in [0.29, 0.717) is 6.61 Å². The Kier molecular flexibility index (Phi) is 3.02. The van der Waals surface area contributed by atoms with E-state index in [-0.39, 0.29) is 0 Å². The molecule has 0 amide bonds. The zero-order valence-electron chi connectivity index (χ0n) is 10.4. The van der Waals surface area contributed by atoms with Gasteiger partial charge < -0.3 is 10.5 Å². The van der Waals surface area contributed by atoms with Crippen LogP contribution in [0.4, 0.5) is 5.69 Å². The molecule has 0 aliphatic rings.